The topological polar surface area (TPSA) is 135 Å². The van der Waals surface area contributed by atoms with Crippen molar-refractivity contribution in [2.45, 2.75) is 18.6 Å². The van der Waals surface area contributed by atoms with E-state index in [9.17, 15) is 14.4 Å². The van der Waals surface area contributed by atoms with Crippen LogP contribution in [0.1, 0.15) is 22.8 Å². The van der Waals surface area contributed by atoms with Crippen LogP contribution in [-0.4, -0.2) is 91.8 Å². The van der Waals surface area contributed by atoms with E-state index in [0.717, 1.165) is 0 Å². The first-order valence-electron chi connectivity index (χ1n) is 11.0. The molecule has 0 spiro atoms. The molecule has 0 radical (unpaired) electrons. The molecule has 13 heteroatoms. The molecule has 2 atom stereocenters. The number of nitriles is 1. The Hall–Kier alpha value is -4.02. The number of hydrogen-bond donors (Lipinski definition) is 0. The van der Waals surface area contributed by atoms with E-state index in [1.54, 1.807) is 17.3 Å². The number of nitrogens with zero attached hydrogens (tertiary/aromatic N) is 9. The lowest BCUT2D eigenvalue weighted by Crippen LogP contribution is -2.59. The Morgan fingerprint density at radius 2 is 2.11 bits per heavy atom. The van der Waals surface area contributed by atoms with Crippen LogP contribution >= 0.6 is 0 Å². The lowest BCUT2D eigenvalue weighted by Gasteiger charge is -2.46. The molecule has 3 aromatic rings. The third-order valence-electron chi connectivity index (χ3n) is 6.24. The van der Waals surface area contributed by atoms with Crippen LogP contribution in [0.4, 0.5) is 4.39 Å². The standard InChI is InChI=1S/C22H22FN9O3/c1-34-21-15(7-24)2-3-17(23)20(21)18-11-30-4-5-31(10-16(30)12-35-18)19(33)6-14-8-25-22(26-9-14)32-13-27-28-29-32/h2-3,8-9,13,16,18H,4-6,10-12H2,1H3/t16-,18-/m0/s1. The maximum absolute atomic E-state index is 14.7. The Kier molecular flexibility index (Phi) is 6.30. The zero-order valence-corrected chi connectivity index (χ0v) is 18.9. The van der Waals surface area contributed by atoms with E-state index in [1.165, 1.54) is 30.3 Å². The summed E-state index contributed by atoms with van der Waals surface area (Å²) in [5.41, 5.74) is 1.21. The molecule has 0 aliphatic carbocycles. The Morgan fingerprint density at radius 1 is 1.29 bits per heavy atom. The highest BCUT2D eigenvalue weighted by atomic mass is 19.1. The number of aromatic nitrogens is 6. The minimum atomic E-state index is -0.562. The van der Waals surface area contributed by atoms with Gasteiger partial charge in [0.05, 0.1) is 37.3 Å². The smallest absolute Gasteiger partial charge is 0.253 e. The van der Waals surface area contributed by atoms with Gasteiger partial charge in [-0.3, -0.25) is 9.69 Å². The fourth-order valence-electron chi connectivity index (χ4n) is 4.47. The Labute approximate surface area is 199 Å². The number of piperazine rings is 1. The lowest BCUT2D eigenvalue weighted by molar-refractivity contribution is -0.139. The van der Waals surface area contributed by atoms with Crippen molar-refractivity contribution in [1.82, 2.24) is 40.0 Å². The number of rotatable bonds is 5. The zero-order valence-electron chi connectivity index (χ0n) is 18.9. The van der Waals surface area contributed by atoms with Crippen molar-refractivity contribution in [2.24, 2.45) is 0 Å². The molecule has 1 aromatic carbocycles. The molecule has 180 valence electrons. The lowest BCUT2D eigenvalue weighted by atomic mass is 10.00. The number of fused-ring (bicyclic) bond motifs is 1. The summed E-state index contributed by atoms with van der Waals surface area (Å²) in [7, 11) is 1.42. The number of tetrazole rings is 1. The second-order valence-corrected chi connectivity index (χ2v) is 8.29. The summed E-state index contributed by atoms with van der Waals surface area (Å²) in [6.07, 6.45) is 4.18. The molecule has 2 aliphatic rings. The Bertz CT molecular complexity index is 1250. The highest BCUT2D eigenvalue weighted by molar-refractivity contribution is 5.78. The number of carbonyl (C=O) groups excluding carboxylic acids is 1. The summed E-state index contributed by atoms with van der Waals surface area (Å²) in [6.45, 7) is 2.46. The third-order valence-corrected chi connectivity index (χ3v) is 6.24. The summed E-state index contributed by atoms with van der Waals surface area (Å²) in [5, 5.41) is 20.2. The number of carbonyl (C=O) groups is 1. The van der Waals surface area contributed by atoms with Gasteiger partial charge in [-0.2, -0.15) is 9.94 Å². The summed E-state index contributed by atoms with van der Waals surface area (Å²) in [4.78, 5) is 25.3. The number of hydrogen-bond acceptors (Lipinski definition) is 10. The van der Waals surface area contributed by atoms with Crippen molar-refractivity contribution < 1.29 is 18.7 Å². The molecule has 0 bridgehead atoms. The molecular weight excluding hydrogens is 457 g/mol. The fourth-order valence-corrected chi connectivity index (χ4v) is 4.47. The molecule has 0 N–H and O–H groups in total. The highest BCUT2D eigenvalue weighted by Gasteiger charge is 2.37. The average Bonchev–Trinajstić information content (AvgIpc) is 3.43. The van der Waals surface area contributed by atoms with Crippen LogP contribution in [0, 0.1) is 17.1 Å². The average molecular weight is 479 g/mol. The van der Waals surface area contributed by atoms with Gasteiger partial charge in [-0.15, -0.1) is 5.10 Å². The van der Waals surface area contributed by atoms with Crippen LogP contribution in [0.3, 0.4) is 0 Å². The molecule has 4 heterocycles. The molecule has 2 fully saturated rings. The quantitative estimate of drug-likeness (QED) is 0.503. The minimum Gasteiger partial charge on any atom is -0.495 e. The Morgan fingerprint density at radius 3 is 2.83 bits per heavy atom. The second kappa shape index (κ2) is 9.69. The van der Waals surface area contributed by atoms with Crippen LogP contribution in [0.5, 0.6) is 5.75 Å². The zero-order chi connectivity index (χ0) is 24.4. The van der Waals surface area contributed by atoms with E-state index in [2.05, 4.69) is 30.4 Å². The van der Waals surface area contributed by atoms with Gasteiger partial charge in [0.15, 0.2) is 0 Å². The van der Waals surface area contributed by atoms with Crippen molar-refractivity contribution in [3.8, 4) is 17.8 Å². The van der Waals surface area contributed by atoms with E-state index in [4.69, 9.17) is 9.47 Å². The first-order chi connectivity index (χ1) is 17.1. The van der Waals surface area contributed by atoms with E-state index in [-0.39, 0.29) is 35.2 Å². The fraction of sp³-hybridized carbons (Fsp3) is 0.409. The maximum Gasteiger partial charge on any atom is 0.253 e. The van der Waals surface area contributed by atoms with Crippen LogP contribution < -0.4 is 4.74 Å². The van der Waals surface area contributed by atoms with Gasteiger partial charge in [-0.05, 0) is 28.1 Å². The molecule has 12 nitrogen and oxygen atoms in total. The largest absolute Gasteiger partial charge is 0.495 e. The maximum atomic E-state index is 14.7. The summed E-state index contributed by atoms with van der Waals surface area (Å²) < 4.78 is 27.4. The van der Waals surface area contributed by atoms with Crippen molar-refractivity contribution in [3.63, 3.8) is 0 Å². The molecule has 5 rings (SSSR count). The number of methoxy groups -OCH3 is 1. The van der Waals surface area contributed by atoms with Crippen LogP contribution in [0.25, 0.3) is 5.95 Å². The number of halogens is 1. The molecule has 0 saturated carbocycles. The molecule has 0 unspecified atom stereocenters. The predicted molar refractivity (Wildman–Crippen MR) is 117 cm³/mol. The van der Waals surface area contributed by atoms with E-state index in [1.807, 2.05) is 6.07 Å². The van der Waals surface area contributed by atoms with Crippen molar-refractivity contribution >= 4 is 5.91 Å². The van der Waals surface area contributed by atoms with Crippen LogP contribution in [0.2, 0.25) is 0 Å². The van der Waals surface area contributed by atoms with Crippen LogP contribution in [-0.2, 0) is 16.0 Å². The predicted octanol–water partition coefficient (Wildman–Crippen LogP) is 0.298. The number of ether oxygens (including phenoxy) is 2. The van der Waals surface area contributed by atoms with Crippen molar-refractivity contribution in [3.05, 3.63) is 53.4 Å². The van der Waals surface area contributed by atoms with E-state index >= 15 is 0 Å². The highest BCUT2D eigenvalue weighted by Crippen LogP contribution is 2.36. The molecular formula is C22H22FN9O3. The van der Waals surface area contributed by atoms with Gasteiger partial charge in [0.2, 0.25) is 5.91 Å². The molecule has 2 aliphatic heterocycles. The second-order valence-electron chi connectivity index (χ2n) is 8.29. The van der Waals surface area contributed by atoms with Crippen molar-refractivity contribution in [2.75, 3.05) is 39.9 Å². The van der Waals surface area contributed by atoms with Gasteiger partial charge in [-0.1, -0.05) is 0 Å². The van der Waals surface area contributed by atoms with Gasteiger partial charge in [0.25, 0.3) is 5.95 Å². The van der Waals surface area contributed by atoms with Gasteiger partial charge < -0.3 is 14.4 Å². The summed E-state index contributed by atoms with van der Waals surface area (Å²) in [5.74, 6) is 0.0339. The third kappa shape index (κ3) is 4.53. The Balaban J connectivity index is 1.21. The monoisotopic (exact) mass is 479 g/mol. The van der Waals surface area contributed by atoms with Gasteiger partial charge in [0.1, 0.15) is 30.1 Å². The summed E-state index contributed by atoms with van der Waals surface area (Å²) >= 11 is 0. The van der Waals surface area contributed by atoms with Crippen LogP contribution in [0.15, 0.2) is 30.9 Å². The number of morpholine rings is 1. The van der Waals surface area contributed by atoms with E-state index < -0.39 is 11.9 Å². The molecule has 2 aromatic heterocycles. The minimum absolute atomic E-state index is 0.00408. The normalized spacial score (nSPS) is 20.2. The number of amides is 1. The van der Waals surface area contributed by atoms with Crippen molar-refractivity contribution in [1.29, 1.82) is 5.26 Å². The summed E-state index contributed by atoms with van der Waals surface area (Å²) in [6, 6.07) is 4.70. The molecule has 2 saturated heterocycles. The van der Waals surface area contributed by atoms with Gasteiger partial charge >= 0.3 is 0 Å². The van der Waals surface area contributed by atoms with Gasteiger partial charge in [-0.25, -0.2) is 14.4 Å². The number of benzene rings is 1. The first-order valence-corrected chi connectivity index (χ1v) is 11.0. The SMILES string of the molecule is COc1c(C#N)ccc(F)c1[C@@H]1CN2CCN(C(=O)Cc3cnc(-n4cnnn4)nc3)C[C@H]2CO1. The molecule has 1 amide bonds. The first kappa shape index (κ1) is 22.8. The van der Waals surface area contributed by atoms with Gasteiger partial charge in [0, 0.05) is 38.6 Å². The van der Waals surface area contributed by atoms with E-state index in [0.29, 0.717) is 44.3 Å². The molecule has 35 heavy (non-hydrogen) atoms.